The average Bonchev–Trinajstić information content (AvgIpc) is 3.61. The van der Waals surface area contributed by atoms with Gasteiger partial charge in [0.25, 0.3) is 0 Å². The van der Waals surface area contributed by atoms with Crippen molar-refractivity contribution in [3.8, 4) is 56.4 Å². The molecule has 3 nitrogen and oxygen atoms in total. The van der Waals surface area contributed by atoms with Gasteiger partial charge in [-0.2, -0.15) is 0 Å². The van der Waals surface area contributed by atoms with Gasteiger partial charge in [-0.1, -0.05) is 224 Å². The highest BCUT2D eigenvalue weighted by molar-refractivity contribution is 5.96. The maximum atomic E-state index is 6.82. The van der Waals surface area contributed by atoms with E-state index in [1.165, 1.54) is 77.9 Å². The highest BCUT2D eigenvalue weighted by Gasteiger charge is 2.53. The molecule has 0 amide bonds. The second-order valence-electron chi connectivity index (χ2n) is 21.3. The summed E-state index contributed by atoms with van der Waals surface area (Å²) in [5, 5.41) is 0. The zero-order valence-corrected chi connectivity index (χ0v) is 42.4. The van der Waals surface area contributed by atoms with E-state index in [4.69, 9.17) is 9.47 Å². The zero-order chi connectivity index (χ0) is 51.2. The Morgan fingerprint density at radius 2 is 0.500 bits per heavy atom. The van der Waals surface area contributed by atoms with Gasteiger partial charge in [-0.15, -0.1) is 0 Å². The molecule has 0 saturated heterocycles. The monoisotopic (exact) mass is 993 g/mol. The van der Waals surface area contributed by atoms with Crippen molar-refractivity contribution >= 4 is 17.1 Å². The van der Waals surface area contributed by atoms with Crippen LogP contribution < -0.4 is 14.4 Å². The Balaban J connectivity index is 0.960. The second kappa shape index (κ2) is 16.0. The van der Waals surface area contributed by atoms with E-state index >= 15 is 0 Å². The van der Waals surface area contributed by atoms with Gasteiger partial charge in [0.1, 0.15) is 23.0 Å². The summed E-state index contributed by atoms with van der Waals surface area (Å²) in [4.78, 5) is 2.53. The summed E-state index contributed by atoms with van der Waals surface area (Å²) < 4.78 is 13.6. The van der Waals surface area contributed by atoms with Gasteiger partial charge in [-0.3, -0.25) is 0 Å². The van der Waals surface area contributed by atoms with Crippen molar-refractivity contribution in [1.82, 2.24) is 0 Å². The topological polar surface area (TPSA) is 21.7 Å². The molecule has 0 atom stereocenters. The lowest BCUT2D eigenvalue weighted by Gasteiger charge is -2.40. The lowest BCUT2D eigenvalue weighted by molar-refractivity contribution is 0.436. The lowest BCUT2D eigenvalue weighted by Crippen LogP contribution is -2.32. The number of hydrogen-bond donors (Lipinski definition) is 0. The Kier molecular flexibility index (Phi) is 8.90. The quantitative estimate of drug-likeness (QED) is 0.172. The molecule has 0 fully saturated rings. The first-order chi connectivity index (χ1) is 38.7. The number of para-hydroxylation sites is 4. The van der Waals surface area contributed by atoms with E-state index < -0.39 is 16.2 Å². The maximum absolute atomic E-state index is 6.82. The number of benzene rings is 12. The molecule has 12 aromatic rings. The van der Waals surface area contributed by atoms with Crippen molar-refractivity contribution in [2.45, 2.75) is 16.2 Å². The highest BCUT2D eigenvalue weighted by Crippen LogP contribution is 2.65. The van der Waals surface area contributed by atoms with E-state index in [0.717, 1.165) is 62.3 Å². The van der Waals surface area contributed by atoms with Crippen LogP contribution in [0.2, 0.25) is 0 Å². The van der Waals surface area contributed by atoms with Crippen LogP contribution in [0.15, 0.2) is 285 Å². The van der Waals surface area contributed by atoms with E-state index in [2.05, 4.69) is 290 Å². The molecular formula is C75H47NO2. The fraction of sp³-hybridized carbons (Fsp3) is 0.0400. The molecule has 2 spiro atoms. The minimum absolute atomic E-state index is 0.595. The molecule has 78 heavy (non-hydrogen) atoms. The predicted molar refractivity (Wildman–Crippen MR) is 313 cm³/mol. The Morgan fingerprint density at radius 3 is 0.949 bits per heavy atom. The minimum atomic E-state index is -0.651. The predicted octanol–water partition coefficient (Wildman–Crippen LogP) is 18.5. The van der Waals surface area contributed by atoms with Crippen molar-refractivity contribution < 1.29 is 9.47 Å². The van der Waals surface area contributed by atoms with Crippen molar-refractivity contribution in [3.05, 3.63) is 352 Å². The van der Waals surface area contributed by atoms with E-state index in [1.54, 1.807) is 0 Å². The molecule has 3 heteroatoms. The second-order valence-corrected chi connectivity index (χ2v) is 21.3. The van der Waals surface area contributed by atoms with Crippen LogP contribution in [0.4, 0.5) is 17.1 Å². The lowest BCUT2D eigenvalue weighted by atomic mass is 9.66. The Morgan fingerprint density at radius 1 is 0.205 bits per heavy atom. The van der Waals surface area contributed by atoms with E-state index in [0.29, 0.717) is 0 Å². The first-order valence-corrected chi connectivity index (χ1v) is 27.1. The summed E-state index contributed by atoms with van der Waals surface area (Å²) in [6, 6.07) is 106. The van der Waals surface area contributed by atoms with Crippen LogP contribution in [0.3, 0.4) is 0 Å². The highest BCUT2D eigenvalue weighted by atomic mass is 16.5. The van der Waals surface area contributed by atoms with Crippen molar-refractivity contribution in [2.75, 3.05) is 4.90 Å². The van der Waals surface area contributed by atoms with Crippen LogP contribution >= 0.6 is 0 Å². The standard InChI is InChI=1S/C75H47NO2/c1-3-21-48(22-4-1)73(49-23-5-2-6-24-49)59-28-10-7-25-53(59)56-42-39-51(46-67(56)73)76(50-41-44-62-58(45-50)55-27-9-12-30-61(55)74(62)63-31-13-17-35-69(63)77-70-36-18-14-32-64(70)74)52-40-43-57-54-26-8-11-29-60(54)75(68(57)47-52)65-33-15-19-37-71(65)78-72-38-20-16-34-66(72)75/h1-47H. The van der Waals surface area contributed by atoms with Gasteiger partial charge in [-0.05, 0) is 139 Å². The fourth-order valence-corrected chi connectivity index (χ4v) is 15.0. The smallest absolute Gasteiger partial charge is 0.132 e. The number of anilines is 3. The SMILES string of the molecule is c1ccc(C2(c3ccccc3)c3ccccc3-c3ccc(N(c4ccc5c(c4)-c4ccccc4C54c5ccccc5Oc5ccccc54)c4ccc5c(c4)C4(c6ccccc6Oc6ccccc64)c4ccccc4-5)cc32)cc1. The van der Waals surface area contributed by atoms with E-state index in [9.17, 15) is 0 Å². The number of hydrogen-bond acceptors (Lipinski definition) is 3. The van der Waals surface area contributed by atoms with Crippen LogP contribution in [0.25, 0.3) is 33.4 Å². The number of ether oxygens (including phenoxy) is 2. The van der Waals surface area contributed by atoms with Gasteiger partial charge in [-0.25, -0.2) is 0 Å². The summed E-state index contributed by atoms with van der Waals surface area (Å²) in [5.41, 5.74) is 23.3. The minimum Gasteiger partial charge on any atom is -0.457 e. The molecule has 5 aliphatic rings. The molecule has 0 unspecified atom stereocenters. The fourth-order valence-electron chi connectivity index (χ4n) is 15.0. The summed E-state index contributed by atoms with van der Waals surface area (Å²) in [7, 11) is 0. The molecule has 0 radical (unpaired) electrons. The molecule has 2 heterocycles. The first-order valence-electron chi connectivity index (χ1n) is 27.1. The third-order valence-electron chi connectivity index (χ3n) is 17.9. The van der Waals surface area contributed by atoms with Crippen LogP contribution in [-0.4, -0.2) is 0 Å². The number of rotatable bonds is 5. The number of fused-ring (bicyclic) bond motifs is 21. The largest absolute Gasteiger partial charge is 0.457 e. The molecule has 12 aromatic carbocycles. The van der Waals surface area contributed by atoms with Crippen molar-refractivity contribution in [2.24, 2.45) is 0 Å². The third-order valence-corrected chi connectivity index (χ3v) is 17.9. The van der Waals surface area contributed by atoms with Gasteiger partial charge < -0.3 is 14.4 Å². The van der Waals surface area contributed by atoms with Gasteiger partial charge >= 0.3 is 0 Å². The van der Waals surface area contributed by atoms with Gasteiger partial charge in [0.05, 0.1) is 16.2 Å². The molecule has 0 aromatic heterocycles. The van der Waals surface area contributed by atoms with Gasteiger partial charge in [0.2, 0.25) is 0 Å². The van der Waals surface area contributed by atoms with E-state index in [-0.39, 0.29) is 0 Å². The van der Waals surface area contributed by atoms with E-state index in [1.807, 2.05) is 0 Å². The van der Waals surface area contributed by atoms with Crippen LogP contribution in [0, 0.1) is 0 Å². The third kappa shape index (κ3) is 5.47. The molecule has 0 bridgehead atoms. The van der Waals surface area contributed by atoms with Crippen molar-refractivity contribution in [1.29, 1.82) is 0 Å². The molecule has 2 aliphatic heterocycles. The molecule has 0 N–H and O–H groups in total. The molecule has 364 valence electrons. The molecule has 0 saturated carbocycles. The Labute approximate surface area is 453 Å². The molecule has 3 aliphatic carbocycles. The Bertz CT molecular complexity index is 4350. The summed E-state index contributed by atoms with van der Waals surface area (Å²) in [6.45, 7) is 0. The maximum Gasteiger partial charge on any atom is 0.132 e. The first kappa shape index (κ1) is 43.3. The Hall–Kier alpha value is -9.96. The van der Waals surface area contributed by atoms with Crippen LogP contribution in [0.5, 0.6) is 23.0 Å². The number of nitrogens with zero attached hydrogens (tertiary/aromatic N) is 1. The van der Waals surface area contributed by atoms with Crippen LogP contribution in [-0.2, 0) is 16.2 Å². The van der Waals surface area contributed by atoms with Crippen LogP contribution in [0.1, 0.15) is 66.8 Å². The summed E-state index contributed by atoms with van der Waals surface area (Å²) >= 11 is 0. The molecular weight excluding hydrogens is 947 g/mol. The van der Waals surface area contributed by atoms with Gasteiger partial charge in [0, 0.05) is 39.3 Å². The normalized spacial score (nSPS) is 14.9. The average molecular weight is 994 g/mol. The summed E-state index contributed by atoms with van der Waals surface area (Å²) in [6.07, 6.45) is 0. The zero-order valence-electron chi connectivity index (χ0n) is 42.4. The molecule has 17 rings (SSSR count). The van der Waals surface area contributed by atoms with Gasteiger partial charge in [0.15, 0.2) is 0 Å². The summed E-state index contributed by atoms with van der Waals surface area (Å²) in [5.74, 6) is 3.52. The van der Waals surface area contributed by atoms with Crippen molar-refractivity contribution in [3.63, 3.8) is 0 Å².